The van der Waals surface area contributed by atoms with E-state index in [0.717, 1.165) is 16.7 Å². The zero-order chi connectivity index (χ0) is 16.3. The number of hydrogen-bond acceptors (Lipinski definition) is 4. The molecule has 0 fully saturated rings. The van der Waals surface area contributed by atoms with Crippen LogP contribution in [-0.4, -0.2) is 35.9 Å². The Morgan fingerprint density at radius 3 is 2.73 bits per heavy atom. The lowest BCUT2D eigenvalue weighted by molar-refractivity contribution is 0.103. The summed E-state index contributed by atoms with van der Waals surface area (Å²) >= 11 is 0. The van der Waals surface area contributed by atoms with Crippen molar-refractivity contribution < 1.29 is 9.53 Å². The number of fused-ring (bicyclic) bond motifs is 1. The number of nitrogens with one attached hydrogen (secondary N) is 1. The molecule has 0 radical (unpaired) electrons. The van der Waals surface area contributed by atoms with E-state index in [0.29, 0.717) is 5.69 Å². The van der Waals surface area contributed by atoms with Gasteiger partial charge in [-0.2, -0.15) is 5.26 Å². The number of nitrogens with zero attached hydrogens (tertiary/aromatic N) is 2. The minimum Gasteiger partial charge on any atom is -0.490 e. The van der Waals surface area contributed by atoms with Gasteiger partial charge < -0.3 is 14.6 Å². The van der Waals surface area contributed by atoms with Gasteiger partial charge in [0.15, 0.2) is 0 Å². The third-order valence-electron chi connectivity index (χ3n) is 2.98. The molecule has 0 aliphatic rings. The molecule has 1 heterocycles. The van der Waals surface area contributed by atoms with E-state index in [9.17, 15) is 4.79 Å². The van der Waals surface area contributed by atoms with E-state index in [1.807, 2.05) is 38.1 Å². The molecule has 1 aromatic heterocycles. The van der Waals surface area contributed by atoms with Gasteiger partial charge in [0.25, 0.3) is 0 Å². The topological polar surface area (TPSA) is 69.1 Å². The fourth-order valence-electron chi connectivity index (χ4n) is 2.15. The SMILES string of the molecule is CC(C)Oc1cccc2[nH]c(C(=O)C(C#N)=CN(C)C)cc12. The largest absolute Gasteiger partial charge is 0.490 e. The number of aromatic nitrogens is 1. The van der Waals surface area contributed by atoms with Crippen LogP contribution in [0.15, 0.2) is 36.0 Å². The van der Waals surface area contributed by atoms with Crippen molar-refractivity contribution in [1.29, 1.82) is 5.26 Å². The highest BCUT2D eigenvalue weighted by Gasteiger charge is 2.17. The van der Waals surface area contributed by atoms with Crippen LogP contribution >= 0.6 is 0 Å². The van der Waals surface area contributed by atoms with Gasteiger partial charge in [-0.15, -0.1) is 0 Å². The molecule has 0 unspecified atom stereocenters. The standard InChI is InChI=1S/C17H19N3O2/c1-11(2)22-16-7-5-6-14-13(16)8-15(19-14)17(21)12(9-18)10-20(3)4/h5-8,10-11,19H,1-4H3. The average Bonchev–Trinajstić information content (AvgIpc) is 2.88. The molecule has 5 heteroatoms. The number of hydrogen-bond donors (Lipinski definition) is 1. The molecule has 114 valence electrons. The lowest BCUT2D eigenvalue weighted by Gasteiger charge is -2.10. The second kappa shape index (κ2) is 6.35. The minimum absolute atomic E-state index is 0.0444. The van der Waals surface area contributed by atoms with E-state index >= 15 is 0 Å². The van der Waals surface area contributed by atoms with Crippen LogP contribution in [0.5, 0.6) is 5.75 Å². The lowest BCUT2D eigenvalue weighted by Crippen LogP contribution is -2.09. The van der Waals surface area contributed by atoms with Crippen LogP contribution in [0.4, 0.5) is 0 Å². The highest BCUT2D eigenvalue weighted by molar-refractivity contribution is 6.12. The Kier molecular flexibility index (Phi) is 4.52. The molecule has 1 aromatic carbocycles. The molecule has 0 aliphatic carbocycles. The number of ketones is 1. The van der Waals surface area contributed by atoms with Crippen LogP contribution in [-0.2, 0) is 0 Å². The number of Topliss-reactive ketones (excluding diaryl/α,β-unsaturated/α-hetero) is 1. The fraction of sp³-hybridized carbons (Fsp3) is 0.294. The van der Waals surface area contributed by atoms with E-state index < -0.39 is 0 Å². The molecule has 22 heavy (non-hydrogen) atoms. The van der Waals surface area contributed by atoms with Crippen LogP contribution in [0.1, 0.15) is 24.3 Å². The maximum absolute atomic E-state index is 12.4. The van der Waals surface area contributed by atoms with Crippen LogP contribution < -0.4 is 4.74 Å². The number of nitriles is 1. The summed E-state index contributed by atoms with van der Waals surface area (Å²) in [6, 6.07) is 9.28. The molecule has 0 saturated carbocycles. The highest BCUT2D eigenvalue weighted by atomic mass is 16.5. The van der Waals surface area contributed by atoms with Gasteiger partial charge in [0, 0.05) is 31.2 Å². The molecule has 0 saturated heterocycles. The van der Waals surface area contributed by atoms with Crippen molar-refractivity contribution in [3.8, 4) is 11.8 Å². The molecule has 0 spiro atoms. The van der Waals surface area contributed by atoms with E-state index in [-0.39, 0.29) is 17.5 Å². The molecule has 0 aliphatic heterocycles. The van der Waals surface area contributed by atoms with E-state index in [2.05, 4.69) is 4.98 Å². The highest BCUT2D eigenvalue weighted by Crippen LogP contribution is 2.28. The predicted octanol–water partition coefficient (Wildman–Crippen LogP) is 3.11. The number of H-pyrrole nitrogens is 1. The first-order chi connectivity index (χ1) is 10.4. The van der Waals surface area contributed by atoms with Gasteiger partial charge in [-0.25, -0.2) is 0 Å². The van der Waals surface area contributed by atoms with E-state index in [1.54, 1.807) is 25.1 Å². The molecule has 2 rings (SSSR count). The minimum atomic E-state index is -0.331. The van der Waals surface area contributed by atoms with Gasteiger partial charge >= 0.3 is 0 Å². The first-order valence-corrected chi connectivity index (χ1v) is 7.03. The molecular formula is C17H19N3O2. The summed E-state index contributed by atoms with van der Waals surface area (Å²) in [6.45, 7) is 3.90. The Labute approximate surface area is 129 Å². The van der Waals surface area contributed by atoms with Gasteiger partial charge in [-0.1, -0.05) is 6.07 Å². The Bertz CT molecular complexity index is 764. The molecular weight excluding hydrogens is 278 g/mol. The van der Waals surface area contributed by atoms with Crippen LogP contribution in [0, 0.1) is 11.3 Å². The van der Waals surface area contributed by atoms with Gasteiger partial charge in [-0.3, -0.25) is 4.79 Å². The van der Waals surface area contributed by atoms with Crippen LogP contribution in [0.25, 0.3) is 10.9 Å². The second-order valence-electron chi connectivity index (χ2n) is 5.51. The Morgan fingerprint density at radius 1 is 1.41 bits per heavy atom. The van der Waals surface area contributed by atoms with Crippen molar-refractivity contribution in [2.75, 3.05) is 14.1 Å². The number of rotatable bonds is 5. The third-order valence-corrected chi connectivity index (χ3v) is 2.98. The molecule has 5 nitrogen and oxygen atoms in total. The quantitative estimate of drug-likeness (QED) is 0.523. The normalized spacial score (nSPS) is 11.5. The third kappa shape index (κ3) is 3.29. The van der Waals surface area contributed by atoms with Crippen molar-refractivity contribution in [2.45, 2.75) is 20.0 Å². The van der Waals surface area contributed by atoms with Crippen LogP contribution in [0.3, 0.4) is 0 Å². The first-order valence-electron chi connectivity index (χ1n) is 7.03. The first kappa shape index (κ1) is 15.6. The van der Waals surface area contributed by atoms with Gasteiger partial charge in [0.05, 0.1) is 11.8 Å². The Morgan fingerprint density at radius 2 is 2.14 bits per heavy atom. The van der Waals surface area contributed by atoms with Crippen LogP contribution in [0.2, 0.25) is 0 Å². The summed E-state index contributed by atoms with van der Waals surface area (Å²) in [7, 11) is 3.54. The maximum atomic E-state index is 12.4. The fourth-order valence-corrected chi connectivity index (χ4v) is 2.15. The molecule has 2 aromatic rings. The number of benzene rings is 1. The van der Waals surface area contributed by atoms with Gasteiger partial charge in [-0.05, 0) is 32.0 Å². The zero-order valence-electron chi connectivity index (χ0n) is 13.2. The van der Waals surface area contributed by atoms with Crippen molar-refractivity contribution in [1.82, 2.24) is 9.88 Å². The average molecular weight is 297 g/mol. The smallest absolute Gasteiger partial charge is 0.221 e. The summed E-state index contributed by atoms with van der Waals surface area (Å²) in [4.78, 5) is 17.2. The monoisotopic (exact) mass is 297 g/mol. The number of aromatic amines is 1. The van der Waals surface area contributed by atoms with Crippen molar-refractivity contribution in [2.24, 2.45) is 0 Å². The predicted molar refractivity (Wildman–Crippen MR) is 85.8 cm³/mol. The Hall–Kier alpha value is -2.74. The van der Waals surface area contributed by atoms with E-state index in [4.69, 9.17) is 10.00 Å². The van der Waals surface area contributed by atoms with Crippen molar-refractivity contribution >= 4 is 16.7 Å². The zero-order valence-corrected chi connectivity index (χ0v) is 13.2. The molecule has 0 amide bonds. The number of carbonyl (C=O) groups is 1. The number of allylic oxidation sites excluding steroid dienone is 1. The van der Waals surface area contributed by atoms with Crippen molar-refractivity contribution in [3.63, 3.8) is 0 Å². The second-order valence-corrected chi connectivity index (χ2v) is 5.51. The van der Waals surface area contributed by atoms with Crippen molar-refractivity contribution in [3.05, 3.63) is 41.7 Å². The number of ether oxygens (including phenoxy) is 1. The summed E-state index contributed by atoms with van der Waals surface area (Å²) in [5.74, 6) is 0.390. The summed E-state index contributed by atoms with van der Waals surface area (Å²) in [5.41, 5.74) is 1.27. The Balaban J connectivity index is 2.46. The van der Waals surface area contributed by atoms with Gasteiger partial charge in [0.2, 0.25) is 5.78 Å². The molecule has 0 atom stereocenters. The lowest BCUT2D eigenvalue weighted by atomic mass is 10.1. The maximum Gasteiger partial charge on any atom is 0.221 e. The molecule has 1 N–H and O–H groups in total. The summed E-state index contributed by atoms with van der Waals surface area (Å²) in [5, 5.41) is 9.99. The summed E-state index contributed by atoms with van der Waals surface area (Å²) < 4.78 is 5.75. The number of carbonyl (C=O) groups excluding carboxylic acids is 1. The molecule has 0 bridgehead atoms. The van der Waals surface area contributed by atoms with Gasteiger partial charge in [0.1, 0.15) is 17.4 Å². The van der Waals surface area contributed by atoms with E-state index in [1.165, 1.54) is 6.20 Å². The summed E-state index contributed by atoms with van der Waals surface area (Å²) in [6.07, 6.45) is 1.56.